The van der Waals surface area contributed by atoms with Gasteiger partial charge in [-0.2, -0.15) is 0 Å². The summed E-state index contributed by atoms with van der Waals surface area (Å²) < 4.78 is 53.2. The maximum atomic E-state index is 12.4. The van der Waals surface area contributed by atoms with Crippen molar-refractivity contribution in [1.82, 2.24) is 4.31 Å². The van der Waals surface area contributed by atoms with Gasteiger partial charge in [0.1, 0.15) is 0 Å². The topological polar surface area (TPSA) is 83.5 Å². The van der Waals surface area contributed by atoms with Crippen molar-refractivity contribution >= 4 is 41.7 Å². The standard InChI is InChI=1S/C15H17BrN2O4S2/c1-11-10-14(8-9-15(11)16)23(19,20)17-12-4-6-13(7-5-12)24(21,22)18(2)3/h4-10,17H,1-3H3. The van der Waals surface area contributed by atoms with Gasteiger partial charge in [0.25, 0.3) is 10.0 Å². The number of nitrogens with one attached hydrogen (secondary N) is 1. The van der Waals surface area contributed by atoms with Gasteiger partial charge in [-0.15, -0.1) is 0 Å². The highest BCUT2D eigenvalue weighted by atomic mass is 79.9. The summed E-state index contributed by atoms with van der Waals surface area (Å²) in [5.74, 6) is 0. The molecule has 24 heavy (non-hydrogen) atoms. The first-order chi connectivity index (χ1) is 11.0. The molecule has 2 aromatic carbocycles. The van der Waals surface area contributed by atoms with Gasteiger partial charge >= 0.3 is 0 Å². The molecule has 6 nitrogen and oxygen atoms in total. The lowest BCUT2D eigenvalue weighted by Gasteiger charge is -2.13. The van der Waals surface area contributed by atoms with Crippen molar-refractivity contribution in [2.24, 2.45) is 0 Å². The third-order valence-corrected chi connectivity index (χ3v) is 7.42. The summed E-state index contributed by atoms with van der Waals surface area (Å²) in [6, 6.07) is 10.3. The van der Waals surface area contributed by atoms with Crippen molar-refractivity contribution in [2.45, 2.75) is 16.7 Å². The minimum Gasteiger partial charge on any atom is -0.280 e. The Morgan fingerprint density at radius 1 is 0.917 bits per heavy atom. The molecular weight excluding hydrogens is 416 g/mol. The van der Waals surface area contributed by atoms with E-state index in [1.54, 1.807) is 19.1 Å². The van der Waals surface area contributed by atoms with Crippen LogP contribution in [0.15, 0.2) is 56.7 Å². The summed E-state index contributed by atoms with van der Waals surface area (Å²) >= 11 is 3.32. The molecule has 0 saturated carbocycles. The molecule has 2 aromatic rings. The normalized spacial score (nSPS) is 12.4. The maximum Gasteiger partial charge on any atom is 0.261 e. The number of aryl methyl sites for hydroxylation is 1. The molecule has 0 saturated heterocycles. The molecule has 1 N–H and O–H groups in total. The zero-order chi connectivity index (χ0) is 18.1. The molecule has 2 rings (SSSR count). The van der Waals surface area contributed by atoms with Crippen LogP contribution in [0.4, 0.5) is 5.69 Å². The predicted octanol–water partition coefficient (Wildman–Crippen LogP) is 2.81. The van der Waals surface area contributed by atoms with Crippen molar-refractivity contribution in [3.05, 3.63) is 52.5 Å². The van der Waals surface area contributed by atoms with E-state index < -0.39 is 20.0 Å². The quantitative estimate of drug-likeness (QED) is 0.786. The number of rotatable bonds is 5. The molecule has 0 radical (unpaired) electrons. The lowest BCUT2D eigenvalue weighted by molar-refractivity contribution is 0.521. The van der Waals surface area contributed by atoms with Gasteiger partial charge in [0.15, 0.2) is 0 Å². The van der Waals surface area contributed by atoms with Crippen LogP contribution in [0.3, 0.4) is 0 Å². The summed E-state index contributed by atoms with van der Waals surface area (Å²) in [5, 5.41) is 0. The largest absolute Gasteiger partial charge is 0.280 e. The predicted molar refractivity (Wildman–Crippen MR) is 97.0 cm³/mol. The average molecular weight is 433 g/mol. The van der Waals surface area contributed by atoms with Crippen molar-refractivity contribution in [3.8, 4) is 0 Å². The third-order valence-electron chi connectivity index (χ3n) is 3.32. The summed E-state index contributed by atoms with van der Waals surface area (Å²) in [6.45, 7) is 1.80. The number of hydrogen-bond donors (Lipinski definition) is 1. The Balaban J connectivity index is 2.29. The summed E-state index contributed by atoms with van der Waals surface area (Å²) in [5.41, 5.74) is 1.08. The molecule has 0 fully saturated rings. The van der Waals surface area contributed by atoms with Crippen molar-refractivity contribution in [1.29, 1.82) is 0 Å². The molecule has 0 aliphatic rings. The fourth-order valence-electron chi connectivity index (χ4n) is 1.90. The monoisotopic (exact) mass is 432 g/mol. The second kappa shape index (κ2) is 6.83. The first-order valence-corrected chi connectivity index (χ1v) is 10.6. The van der Waals surface area contributed by atoms with Gasteiger partial charge in [0.2, 0.25) is 10.0 Å². The van der Waals surface area contributed by atoms with E-state index >= 15 is 0 Å². The molecule has 0 aliphatic heterocycles. The van der Waals surface area contributed by atoms with E-state index in [4.69, 9.17) is 0 Å². The third kappa shape index (κ3) is 3.97. The number of benzene rings is 2. The fraction of sp³-hybridized carbons (Fsp3) is 0.200. The Labute approximate surface area is 150 Å². The van der Waals surface area contributed by atoms with Crippen LogP contribution >= 0.6 is 15.9 Å². The van der Waals surface area contributed by atoms with Crippen molar-refractivity contribution < 1.29 is 16.8 Å². The number of anilines is 1. The van der Waals surface area contributed by atoms with Gasteiger partial charge < -0.3 is 0 Å². The smallest absolute Gasteiger partial charge is 0.261 e. The van der Waals surface area contributed by atoms with E-state index in [0.717, 1.165) is 14.3 Å². The van der Waals surface area contributed by atoms with Crippen LogP contribution in [0, 0.1) is 6.92 Å². The first kappa shape index (κ1) is 18.9. The lowest BCUT2D eigenvalue weighted by Crippen LogP contribution is -2.22. The van der Waals surface area contributed by atoms with E-state index in [9.17, 15) is 16.8 Å². The SMILES string of the molecule is Cc1cc(S(=O)(=O)Nc2ccc(S(=O)(=O)N(C)C)cc2)ccc1Br. The second-order valence-electron chi connectivity index (χ2n) is 5.33. The van der Waals surface area contributed by atoms with E-state index in [-0.39, 0.29) is 15.5 Å². The Morgan fingerprint density at radius 2 is 1.46 bits per heavy atom. The lowest BCUT2D eigenvalue weighted by atomic mass is 10.2. The number of halogens is 1. The molecule has 130 valence electrons. The van der Waals surface area contributed by atoms with Gasteiger partial charge in [-0.05, 0) is 55.0 Å². The minimum atomic E-state index is -3.75. The minimum absolute atomic E-state index is 0.0925. The maximum absolute atomic E-state index is 12.4. The average Bonchev–Trinajstić information content (AvgIpc) is 2.50. The first-order valence-electron chi connectivity index (χ1n) is 6.85. The molecule has 0 heterocycles. The van der Waals surface area contributed by atoms with Crippen molar-refractivity contribution in [3.63, 3.8) is 0 Å². The van der Waals surface area contributed by atoms with E-state index in [1.807, 2.05) is 0 Å². The molecule has 0 atom stereocenters. The zero-order valence-electron chi connectivity index (χ0n) is 13.3. The Morgan fingerprint density at radius 3 is 1.96 bits per heavy atom. The highest BCUT2D eigenvalue weighted by molar-refractivity contribution is 9.10. The highest BCUT2D eigenvalue weighted by Crippen LogP contribution is 2.23. The van der Waals surface area contributed by atoms with Gasteiger partial charge in [0, 0.05) is 24.3 Å². The Hall–Kier alpha value is -1.42. The summed E-state index contributed by atoms with van der Waals surface area (Å²) in [7, 11) is -4.43. The summed E-state index contributed by atoms with van der Waals surface area (Å²) in [4.78, 5) is 0.225. The van der Waals surface area contributed by atoms with E-state index in [2.05, 4.69) is 20.7 Å². The highest BCUT2D eigenvalue weighted by Gasteiger charge is 2.18. The second-order valence-corrected chi connectivity index (χ2v) is 10.0. The van der Waals surface area contributed by atoms with Crippen molar-refractivity contribution in [2.75, 3.05) is 18.8 Å². The molecule has 0 unspecified atom stereocenters. The number of hydrogen-bond acceptors (Lipinski definition) is 4. The van der Waals surface area contributed by atoms with E-state index in [0.29, 0.717) is 0 Å². The molecule has 0 aromatic heterocycles. The molecule has 0 amide bonds. The Kier molecular flexibility index (Phi) is 5.38. The van der Waals surface area contributed by atoms with Crippen LogP contribution in [0.25, 0.3) is 0 Å². The van der Waals surface area contributed by atoms with Gasteiger partial charge in [-0.1, -0.05) is 15.9 Å². The summed E-state index contributed by atoms with van der Waals surface area (Å²) in [6.07, 6.45) is 0. The van der Waals surface area contributed by atoms with Gasteiger partial charge in [-0.25, -0.2) is 21.1 Å². The van der Waals surface area contributed by atoms with Gasteiger partial charge in [0.05, 0.1) is 9.79 Å². The molecular formula is C15H17BrN2O4S2. The van der Waals surface area contributed by atoms with Crippen LogP contribution in [-0.2, 0) is 20.0 Å². The fourth-order valence-corrected chi connectivity index (χ4v) is 4.20. The number of nitrogens with zero attached hydrogens (tertiary/aromatic N) is 1. The molecule has 9 heteroatoms. The van der Waals surface area contributed by atoms with Crippen LogP contribution in [0.2, 0.25) is 0 Å². The van der Waals surface area contributed by atoms with Crippen LogP contribution in [0.1, 0.15) is 5.56 Å². The number of sulfonamides is 2. The molecule has 0 spiro atoms. The molecule has 0 bridgehead atoms. The molecule has 0 aliphatic carbocycles. The van der Waals surface area contributed by atoms with Gasteiger partial charge in [-0.3, -0.25) is 4.72 Å². The Bertz CT molecular complexity index is 953. The van der Waals surface area contributed by atoms with E-state index in [1.165, 1.54) is 44.4 Å². The van der Waals surface area contributed by atoms with Crippen LogP contribution in [0.5, 0.6) is 0 Å². The zero-order valence-corrected chi connectivity index (χ0v) is 16.5. The van der Waals surface area contributed by atoms with Crippen LogP contribution in [-0.4, -0.2) is 35.2 Å². The van der Waals surface area contributed by atoms with Crippen LogP contribution < -0.4 is 4.72 Å².